The molecule has 0 spiro atoms. The number of carbonyl (C=O) groups is 1. The summed E-state index contributed by atoms with van der Waals surface area (Å²) >= 11 is 0. The van der Waals surface area contributed by atoms with Crippen molar-refractivity contribution in [2.45, 2.75) is 12.8 Å². The lowest BCUT2D eigenvalue weighted by Gasteiger charge is -2.12. The molecule has 0 atom stereocenters. The Labute approximate surface area is 137 Å². The first-order valence-corrected chi connectivity index (χ1v) is 7.04. The number of alkyl halides is 3. The second kappa shape index (κ2) is 7.68. The van der Waals surface area contributed by atoms with Crippen LogP contribution in [-0.2, 0) is 16.1 Å². The van der Waals surface area contributed by atoms with Gasteiger partial charge in [-0.3, -0.25) is 0 Å². The van der Waals surface area contributed by atoms with Gasteiger partial charge < -0.3 is 9.47 Å². The van der Waals surface area contributed by atoms with E-state index in [1.54, 1.807) is 30.3 Å². The van der Waals surface area contributed by atoms with Crippen molar-refractivity contribution in [2.75, 3.05) is 7.11 Å². The number of ether oxygens (including phenoxy) is 2. The van der Waals surface area contributed by atoms with Crippen LogP contribution >= 0.6 is 0 Å². The van der Waals surface area contributed by atoms with Gasteiger partial charge in [0.25, 0.3) is 0 Å². The van der Waals surface area contributed by atoms with Crippen molar-refractivity contribution in [3.8, 4) is 5.75 Å². The van der Waals surface area contributed by atoms with E-state index in [-0.39, 0.29) is 12.2 Å². The molecule has 3 nitrogen and oxygen atoms in total. The van der Waals surface area contributed by atoms with E-state index < -0.39 is 17.7 Å². The van der Waals surface area contributed by atoms with E-state index in [1.165, 1.54) is 31.4 Å². The lowest BCUT2D eigenvalue weighted by molar-refractivity contribution is -0.139. The summed E-state index contributed by atoms with van der Waals surface area (Å²) in [5, 5.41) is 0. The van der Waals surface area contributed by atoms with Crippen LogP contribution in [0.1, 0.15) is 11.1 Å². The van der Waals surface area contributed by atoms with Crippen molar-refractivity contribution < 1.29 is 27.4 Å². The van der Waals surface area contributed by atoms with E-state index >= 15 is 0 Å². The summed E-state index contributed by atoms with van der Waals surface area (Å²) in [6, 6.07) is 13.8. The quantitative estimate of drug-likeness (QED) is 0.600. The number of hydrogen-bond acceptors (Lipinski definition) is 3. The number of rotatable bonds is 5. The molecule has 0 aromatic heterocycles. The van der Waals surface area contributed by atoms with Crippen LogP contribution in [0, 0.1) is 0 Å². The zero-order valence-electron chi connectivity index (χ0n) is 12.8. The molecular weight excluding hydrogens is 321 g/mol. The number of carbonyl (C=O) groups excluding carboxylic acids is 1. The second-order valence-corrected chi connectivity index (χ2v) is 4.88. The third kappa shape index (κ3) is 4.87. The zero-order chi connectivity index (χ0) is 17.6. The maximum absolute atomic E-state index is 13.1. The molecule has 0 saturated heterocycles. The van der Waals surface area contributed by atoms with Crippen LogP contribution in [0.5, 0.6) is 5.75 Å². The Morgan fingerprint density at radius 3 is 2.42 bits per heavy atom. The van der Waals surface area contributed by atoms with Crippen molar-refractivity contribution in [3.63, 3.8) is 0 Å². The summed E-state index contributed by atoms with van der Waals surface area (Å²) < 4.78 is 49.3. The first kappa shape index (κ1) is 17.6. The number of hydrogen-bond donors (Lipinski definition) is 0. The van der Waals surface area contributed by atoms with Crippen LogP contribution in [0.3, 0.4) is 0 Å². The van der Waals surface area contributed by atoms with Gasteiger partial charge in [-0.25, -0.2) is 4.79 Å². The smallest absolute Gasteiger partial charge is 0.417 e. The van der Waals surface area contributed by atoms with Gasteiger partial charge in [0, 0.05) is 6.08 Å². The van der Waals surface area contributed by atoms with Crippen molar-refractivity contribution in [2.24, 2.45) is 0 Å². The predicted octanol–water partition coefficient (Wildman–Crippen LogP) is 4.38. The van der Waals surface area contributed by atoms with Gasteiger partial charge in [-0.15, -0.1) is 0 Å². The molecule has 126 valence electrons. The summed E-state index contributed by atoms with van der Waals surface area (Å²) in [6.45, 7) is -0.146. The van der Waals surface area contributed by atoms with Gasteiger partial charge in [-0.05, 0) is 23.3 Å². The predicted molar refractivity (Wildman–Crippen MR) is 83.3 cm³/mol. The topological polar surface area (TPSA) is 35.5 Å². The molecule has 0 aliphatic heterocycles. The number of esters is 1. The first-order chi connectivity index (χ1) is 11.4. The molecule has 0 aliphatic rings. The molecule has 0 fully saturated rings. The highest BCUT2D eigenvalue weighted by atomic mass is 19.4. The van der Waals surface area contributed by atoms with Crippen LogP contribution in [0.25, 0.3) is 5.57 Å². The monoisotopic (exact) mass is 336 g/mol. The molecule has 0 radical (unpaired) electrons. The third-order valence-electron chi connectivity index (χ3n) is 3.17. The van der Waals surface area contributed by atoms with Crippen LogP contribution < -0.4 is 4.74 Å². The minimum absolute atomic E-state index is 0.0941. The Morgan fingerprint density at radius 2 is 1.79 bits per heavy atom. The van der Waals surface area contributed by atoms with Crippen LogP contribution in [0.15, 0.2) is 60.7 Å². The molecule has 0 bridgehead atoms. The fourth-order valence-corrected chi connectivity index (χ4v) is 2.02. The van der Waals surface area contributed by atoms with Gasteiger partial charge >= 0.3 is 12.1 Å². The Bertz CT molecular complexity index is 722. The van der Waals surface area contributed by atoms with Gasteiger partial charge in [0.05, 0.1) is 12.7 Å². The van der Waals surface area contributed by atoms with E-state index in [0.29, 0.717) is 17.4 Å². The highest BCUT2D eigenvalue weighted by molar-refractivity contribution is 5.92. The molecule has 0 saturated carbocycles. The normalized spacial score (nSPS) is 11.9. The molecule has 6 heteroatoms. The zero-order valence-corrected chi connectivity index (χ0v) is 12.8. The maximum Gasteiger partial charge on any atom is 0.417 e. The minimum atomic E-state index is -4.66. The van der Waals surface area contributed by atoms with Gasteiger partial charge in [0.15, 0.2) is 0 Å². The Hall–Kier alpha value is -2.76. The van der Waals surface area contributed by atoms with Crippen LogP contribution in [-0.4, -0.2) is 19.3 Å². The van der Waals surface area contributed by atoms with Crippen LogP contribution in [0.2, 0.25) is 0 Å². The number of benzene rings is 2. The van der Waals surface area contributed by atoms with Gasteiger partial charge in [0.2, 0.25) is 0 Å². The summed E-state index contributed by atoms with van der Waals surface area (Å²) in [7, 11) is 1.49. The lowest BCUT2D eigenvalue weighted by atomic mass is 10.1. The first-order valence-electron chi connectivity index (χ1n) is 7.04. The minimum Gasteiger partial charge on any atom is -0.497 e. The summed E-state index contributed by atoms with van der Waals surface area (Å²) in [4.78, 5) is 11.8. The molecule has 2 aromatic carbocycles. The number of methoxy groups -OCH3 is 1. The van der Waals surface area contributed by atoms with E-state index in [9.17, 15) is 18.0 Å². The molecule has 0 aliphatic carbocycles. The fraction of sp³-hybridized carbons (Fsp3) is 0.167. The molecule has 0 unspecified atom stereocenters. The summed E-state index contributed by atoms with van der Waals surface area (Å²) in [5.74, 6) is -0.492. The van der Waals surface area contributed by atoms with E-state index in [1.807, 2.05) is 0 Å². The molecule has 2 rings (SSSR count). The Morgan fingerprint density at radius 1 is 1.08 bits per heavy atom. The molecule has 0 N–H and O–H groups in total. The molecule has 0 heterocycles. The van der Waals surface area contributed by atoms with Crippen LogP contribution in [0.4, 0.5) is 13.2 Å². The largest absolute Gasteiger partial charge is 0.497 e. The van der Waals surface area contributed by atoms with Gasteiger partial charge in [0.1, 0.15) is 12.4 Å². The van der Waals surface area contributed by atoms with E-state index in [0.717, 1.165) is 0 Å². The molecule has 0 amide bonds. The second-order valence-electron chi connectivity index (χ2n) is 4.88. The van der Waals surface area contributed by atoms with Crippen molar-refractivity contribution in [1.82, 2.24) is 0 Å². The van der Waals surface area contributed by atoms with Gasteiger partial charge in [-0.2, -0.15) is 13.2 Å². The Balaban J connectivity index is 2.13. The lowest BCUT2D eigenvalue weighted by Crippen LogP contribution is -2.13. The Kier molecular flexibility index (Phi) is 5.63. The standard InChI is InChI=1S/C18H15F3O3/c1-23-15-9-5-6-13(10-15)12-24-17(22)11-16(18(19,20)21)14-7-3-2-4-8-14/h2-11H,12H2,1H3/b16-11-. The average molecular weight is 336 g/mol. The number of halogens is 3. The van der Waals surface area contributed by atoms with Crippen molar-refractivity contribution >= 4 is 11.5 Å². The maximum atomic E-state index is 13.1. The average Bonchev–Trinajstić information content (AvgIpc) is 2.58. The third-order valence-corrected chi connectivity index (χ3v) is 3.17. The molecule has 2 aromatic rings. The van der Waals surface area contributed by atoms with Crippen molar-refractivity contribution in [1.29, 1.82) is 0 Å². The SMILES string of the molecule is COc1cccc(COC(=O)/C=C(/c2ccccc2)C(F)(F)F)c1. The van der Waals surface area contributed by atoms with Crippen molar-refractivity contribution in [3.05, 3.63) is 71.8 Å². The molecular formula is C18H15F3O3. The summed E-state index contributed by atoms with van der Waals surface area (Å²) in [6.07, 6.45) is -4.19. The highest BCUT2D eigenvalue weighted by Crippen LogP contribution is 2.33. The molecule has 24 heavy (non-hydrogen) atoms. The van der Waals surface area contributed by atoms with E-state index in [4.69, 9.17) is 9.47 Å². The number of allylic oxidation sites excluding steroid dienone is 1. The van der Waals surface area contributed by atoms with Gasteiger partial charge in [-0.1, -0.05) is 42.5 Å². The highest BCUT2D eigenvalue weighted by Gasteiger charge is 2.35. The summed E-state index contributed by atoms with van der Waals surface area (Å²) in [5.41, 5.74) is -0.522. The fourth-order valence-electron chi connectivity index (χ4n) is 2.02. The van der Waals surface area contributed by atoms with E-state index in [2.05, 4.69) is 0 Å².